The zero-order chi connectivity index (χ0) is 13.2. The zero-order valence-corrected chi connectivity index (χ0v) is 11.3. The van der Waals surface area contributed by atoms with Gasteiger partial charge in [-0.3, -0.25) is 4.79 Å². The number of aryl methyl sites for hydroxylation is 1. The molecule has 2 heterocycles. The second-order valence-electron chi connectivity index (χ2n) is 5.27. The van der Waals surface area contributed by atoms with Gasteiger partial charge in [-0.2, -0.15) is 0 Å². The lowest BCUT2D eigenvalue weighted by Gasteiger charge is -2.25. The van der Waals surface area contributed by atoms with Crippen LogP contribution < -0.4 is 5.43 Å². The predicted octanol–water partition coefficient (Wildman–Crippen LogP) is 2.88. The van der Waals surface area contributed by atoms with Crippen LogP contribution in [-0.2, 0) is 11.3 Å². The summed E-state index contributed by atoms with van der Waals surface area (Å²) in [6.07, 6.45) is 3.79. The van der Waals surface area contributed by atoms with Gasteiger partial charge in [-0.1, -0.05) is 12.1 Å². The third kappa shape index (κ3) is 2.43. The van der Waals surface area contributed by atoms with Crippen molar-refractivity contribution in [2.75, 3.05) is 6.61 Å². The molecule has 0 spiro atoms. The standard InChI is InChI=1S/C16H19NO2/c1-12-10-16(18)14-7-2-3-8-15(14)17(12)11-13-6-4-5-9-19-13/h2-3,7-8,10,13H,4-6,9,11H2,1H3. The van der Waals surface area contributed by atoms with Crippen LogP contribution >= 0.6 is 0 Å². The molecule has 3 rings (SSSR count). The molecule has 3 heteroatoms. The Labute approximate surface area is 112 Å². The van der Waals surface area contributed by atoms with Crippen LogP contribution in [0.15, 0.2) is 35.1 Å². The van der Waals surface area contributed by atoms with Gasteiger partial charge < -0.3 is 9.30 Å². The summed E-state index contributed by atoms with van der Waals surface area (Å²) in [6, 6.07) is 9.55. The molecular weight excluding hydrogens is 238 g/mol. The molecule has 19 heavy (non-hydrogen) atoms. The Balaban J connectivity index is 2.04. The predicted molar refractivity (Wildman–Crippen MR) is 76.5 cm³/mol. The Morgan fingerprint density at radius 3 is 2.95 bits per heavy atom. The third-order valence-corrected chi connectivity index (χ3v) is 3.89. The van der Waals surface area contributed by atoms with Gasteiger partial charge in [0.2, 0.25) is 0 Å². The topological polar surface area (TPSA) is 31.2 Å². The molecule has 1 unspecified atom stereocenters. The summed E-state index contributed by atoms with van der Waals surface area (Å²) in [4.78, 5) is 12.0. The highest BCUT2D eigenvalue weighted by molar-refractivity contribution is 5.79. The largest absolute Gasteiger partial charge is 0.376 e. The van der Waals surface area contributed by atoms with Gasteiger partial charge in [-0.05, 0) is 38.3 Å². The number of ether oxygens (including phenoxy) is 1. The maximum Gasteiger partial charge on any atom is 0.189 e. The van der Waals surface area contributed by atoms with E-state index in [1.807, 2.05) is 31.2 Å². The molecule has 0 bridgehead atoms. The summed E-state index contributed by atoms with van der Waals surface area (Å²) in [7, 11) is 0. The van der Waals surface area contributed by atoms with E-state index < -0.39 is 0 Å². The molecule has 100 valence electrons. The van der Waals surface area contributed by atoms with E-state index in [-0.39, 0.29) is 11.5 Å². The van der Waals surface area contributed by atoms with Crippen LogP contribution in [-0.4, -0.2) is 17.3 Å². The number of aromatic nitrogens is 1. The van der Waals surface area contributed by atoms with E-state index in [1.54, 1.807) is 6.07 Å². The van der Waals surface area contributed by atoms with Crippen molar-refractivity contribution in [2.45, 2.75) is 38.8 Å². The first-order valence-corrected chi connectivity index (χ1v) is 6.96. The van der Waals surface area contributed by atoms with Crippen molar-refractivity contribution >= 4 is 10.9 Å². The van der Waals surface area contributed by atoms with Crippen LogP contribution in [0.2, 0.25) is 0 Å². The highest BCUT2D eigenvalue weighted by Crippen LogP contribution is 2.18. The van der Waals surface area contributed by atoms with Crippen molar-refractivity contribution in [3.8, 4) is 0 Å². The van der Waals surface area contributed by atoms with Crippen molar-refractivity contribution < 1.29 is 4.74 Å². The van der Waals surface area contributed by atoms with Crippen LogP contribution in [0.5, 0.6) is 0 Å². The number of pyridine rings is 1. The molecule has 0 aliphatic carbocycles. The SMILES string of the molecule is Cc1cc(=O)c2ccccc2n1CC1CCCCO1. The van der Waals surface area contributed by atoms with Crippen molar-refractivity contribution in [3.05, 3.63) is 46.2 Å². The molecule has 1 aliphatic rings. The fourth-order valence-electron chi connectivity index (χ4n) is 2.85. The molecule has 0 saturated carbocycles. The van der Waals surface area contributed by atoms with E-state index in [4.69, 9.17) is 4.74 Å². The molecule has 1 aromatic carbocycles. The number of benzene rings is 1. The van der Waals surface area contributed by atoms with Crippen LogP contribution in [0, 0.1) is 6.92 Å². The lowest BCUT2D eigenvalue weighted by Crippen LogP contribution is -2.26. The smallest absolute Gasteiger partial charge is 0.189 e. The summed E-state index contributed by atoms with van der Waals surface area (Å²) < 4.78 is 8.03. The molecular formula is C16H19NO2. The zero-order valence-electron chi connectivity index (χ0n) is 11.3. The van der Waals surface area contributed by atoms with Gasteiger partial charge in [0.25, 0.3) is 0 Å². The first-order chi connectivity index (χ1) is 9.25. The van der Waals surface area contributed by atoms with E-state index in [9.17, 15) is 4.79 Å². The monoisotopic (exact) mass is 257 g/mol. The number of fused-ring (bicyclic) bond motifs is 1. The Bertz CT molecular complexity index is 639. The van der Waals surface area contributed by atoms with Crippen LogP contribution in [0.4, 0.5) is 0 Å². The lowest BCUT2D eigenvalue weighted by molar-refractivity contribution is 0.00631. The van der Waals surface area contributed by atoms with Gasteiger partial charge >= 0.3 is 0 Å². The van der Waals surface area contributed by atoms with Gasteiger partial charge in [-0.15, -0.1) is 0 Å². The van der Waals surface area contributed by atoms with Crippen molar-refractivity contribution in [2.24, 2.45) is 0 Å². The Morgan fingerprint density at radius 1 is 1.32 bits per heavy atom. The van der Waals surface area contributed by atoms with E-state index in [1.165, 1.54) is 12.8 Å². The fraction of sp³-hybridized carbons (Fsp3) is 0.438. The minimum absolute atomic E-state index is 0.105. The molecule has 3 nitrogen and oxygen atoms in total. The summed E-state index contributed by atoms with van der Waals surface area (Å²) >= 11 is 0. The molecule has 1 aromatic heterocycles. The van der Waals surface area contributed by atoms with E-state index >= 15 is 0 Å². The average molecular weight is 257 g/mol. The summed E-state index contributed by atoms with van der Waals surface area (Å²) in [5.74, 6) is 0. The quantitative estimate of drug-likeness (QED) is 0.828. The molecule has 0 N–H and O–H groups in total. The minimum Gasteiger partial charge on any atom is -0.376 e. The molecule has 0 radical (unpaired) electrons. The Kier molecular flexibility index (Phi) is 3.38. The number of hydrogen-bond acceptors (Lipinski definition) is 2. The normalized spacial score (nSPS) is 19.7. The van der Waals surface area contributed by atoms with Crippen LogP contribution in [0.25, 0.3) is 10.9 Å². The van der Waals surface area contributed by atoms with E-state index in [2.05, 4.69) is 4.57 Å². The number of hydrogen-bond donors (Lipinski definition) is 0. The lowest BCUT2D eigenvalue weighted by atomic mass is 10.1. The first kappa shape index (κ1) is 12.4. The minimum atomic E-state index is 0.105. The summed E-state index contributed by atoms with van der Waals surface area (Å²) in [6.45, 7) is 3.70. The average Bonchev–Trinajstić information content (AvgIpc) is 2.45. The van der Waals surface area contributed by atoms with Gasteiger partial charge in [-0.25, -0.2) is 0 Å². The molecule has 0 amide bonds. The maximum atomic E-state index is 12.0. The third-order valence-electron chi connectivity index (χ3n) is 3.89. The highest BCUT2D eigenvalue weighted by Gasteiger charge is 2.16. The number of rotatable bonds is 2. The van der Waals surface area contributed by atoms with Crippen molar-refractivity contribution in [1.29, 1.82) is 0 Å². The molecule has 2 aromatic rings. The molecule has 1 aliphatic heterocycles. The summed E-state index contributed by atoms with van der Waals surface area (Å²) in [5, 5.41) is 0.795. The second-order valence-corrected chi connectivity index (χ2v) is 5.27. The first-order valence-electron chi connectivity index (χ1n) is 6.96. The Hall–Kier alpha value is -1.61. The molecule has 1 atom stereocenters. The highest BCUT2D eigenvalue weighted by atomic mass is 16.5. The van der Waals surface area contributed by atoms with Crippen LogP contribution in [0.3, 0.4) is 0 Å². The number of nitrogens with zero attached hydrogens (tertiary/aromatic N) is 1. The Morgan fingerprint density at radius 2 is 2.16 bits per heavy atom. The molecule has 1 saturated heterocycles. The van der Waals surface area contributed by atoms with Crippen molar-refractivity contribution in [3.63, 3.8) is 0 Å². The van der Waals surface area contributed by atoms with E-state index in [0.717, 1.165) is 36.2 Å². The van der Waals surface area contributed by atoms with Crippen molar-refractivity contribution in [1.82, 2.24) is 4.57 Å². The van der Waals surface area contributed by atoms with Gasteiger partial charge in [0.1, 0.15) is 0 Å². The maximum absolute atomic E-state index is 12.0. The fourth-order valence-corrected chi connectivity index (χ4v) is 2.85. The van der Waals surface area contributed by atoms with Gasteiger partial charge in [0.15, 0.2) is 5.43 Å². The summed E-state index contributed by atoms with van der Waals surface area (Å²) in [5.41, 5.74) is 2.13. The number of para-hydroxylation sites is 1. The van der Waals surface area contributed by atoms with Gasteiger partial charge in [0.05, 0.1) is 11.6 Å². The second kappa shape index (κ2) is 5.17. The molecule has 1 fully saturated rings. The van der Waals surface area contributed by atoms with Crippen LogP contribution in [0.1, 0.15) is 25.0 Å². The van der Waals surface area contributed by atoms with E-state index in [0.29, 0.717) is 0 Å². The van der Waals surface area contributed by atoms with Gasteiger partial charge in [0, 0.05) is 30.3 Å².